The van der Waals surface area contributed by atoms with Gasteiger partial charge in [-0.05, 0) is 168 Å². The van der Waals surface area contributed by atoms with Gasteiger partial charge in [0.25, 0.3) is 6.71 Å². The lowest BCUT2D eigenvalue weighted by Gasteiger charge is -2.50. The zero-order valence-electron chi connectivity index (χ0n) is 50.0. The quantitative estimate of drug-likeness (QED) is 0.159. The molecule has 0 atom stereocenters. The second-order valence-corrected chi connectivity index (χ2v) is 31.4. The largest absolute Gasteiger partial charge is 0.310 e. The number of aryl methyl sites for hydroxylation is 1. The second-order valence-electron chi connectivity index (χ2n) is 29.3. The van der Waals surface area contributed by atoms with Crippen molar-refractivity contribution >= 4 is 109 Å². The van der Waals surface area contributed by atoms with Crippen LogP contribution in [0.2, 0.25) is 0 Å². The Morgan fingerprint density at radius 3 is 1.62 bits per heavy atom. The second kappa shape index (κ2) is 16.0. The van der Waals surface area contributed by atoms with Crippen molar-refractivity contribution in [2.24, 2.45) is 0 Å². The Morgan fingerprint density at radius 1 is 0.425 bits per heavy atom. The number of hydrogen-bond donors (Lipinski definition) is 0. The van der Waals surface area contributed by atoms with Gasteiger partial charge in [-0.25, -0.2) is 0 Å². The summed E-state index contributed by atoms with van der Waals surface area (Å²) in [6, 6.07) is 56.2. The standard InChI is InChI=1S/C75H75BN2S2/c1-42-34-61-65-62(35-42)78(59-26-21-23-46-45-22-17-20-27-63(45)79-67(46)59)60-41-57-56(74(13,14)54-38-52-53(39-55(54)75(57,15)16)73(11,12)50-25-19-18-24-49(50)72(52,9)10)40-58(60)76(65)68-66(47-36-43(69(2,3)4)28-31-64(47)80-68)77(61)44-29-30-48-51(37-44)71(7,8)33-32-70(48,5)6/h17-31,34-41H,32-33H2,1-16H3. The monoisotopic (exact) mass is 1080 g/mol. The molecule has 0 amide bonds. The van der Waals surface area contributed by atoms with Crippen LogP contribution in [0.4, 0.5) is 34.1 Å². The first-order valence-corrected chi connectivity index (χ1v) is 31.2. The third-order valence-corrected chi connectivity index (χ3v) is 23.4. The summed E-state index contributed by atoms with van der Waals surface area (Å²) in [5, 5.41) is 4.00. The van der Waals surface area contributed by atoms with E-state index in [0.29, 0.717) is 0 Å². The molecule has 0 fully saturated rings. The van der Waals surface area contributed by atoms with E-state index in [-0.39, 0.29) is 44.6 Å². The van der Waals surface area contributed by atoms with Crippen LogP contribution in [-0.4, -0.2) is 6.71 Å². The lowest BCUT2D eigenvalue weighted by molar-refractivity contribution is 0.332. The van der Waals surface area contributed by atoms with Gasteiger partial charge < -0.3 is 9.80 Å². The van der Waals surface area contributed by atoms with E-state index in [1.54, 1.807) is 0 Å². The minimum absolute atomic E-state index is 0.00595. The molecule has 0 unspecified atom stereocenters. The van der Waals surface area contributed by atoms with Crippen LogP contribution >= 0.6 is 22.7 Å². The lowest BCUT2D eigenvalue weighted by atomic mass is 9.35. The van der Waals surface area contributed by atoms with Gasteiger partial charge in [0.05, 0.1) is 16.1 Å². The molecule has 8 aromatic carbocycles. The summed E-state index contributed by atoms with van der Waals surface area (Å²) in [5.41, 5.74) is 27.0. The van der Waals surface area contributed by atoms with Gasteiger partial charge in [0.2, 0.25) is 0 Å². The molecule has 0 N–H and O–H groups in total. The fraction of sp³-hybridized carbons (Fsp3) is 0.333. The summed E-state index contributed by atoms with van der Waals surface area (Å²) in [6.07, 6.45) is 2.36. The lowest BCUT2D eigenvalue weighted by Crippen LogP contribution is -2.61. The average Bonchev–Trinajstić information content (AvgIpc) is 4.12. The first-order valence-electron chi connectivity index (χ1n) is 29.6. The van der Waals surface area contributed by atoms with Gasteiger partial charge in [0, 0.05) is 74.7 Å². The van der Waals surface area contributed by atoms with Crippen LogP contribution < -0.4 is 25.5 Å². The Balaban J connectivity index is 1.05. The van der Waals surface area contributed by atoms with Crippen LogP contribution in [0, 0.1) is 6.92 Å². The predicted octanol–water partition coefficient (Wildman–Crippen LogP) is 19.2. The van der Waals surface area contributed by atoms with Gasteiger partial charge in [0.1, 0.15) is 0 Å². The van der Waals surface area contributed by atoms with E-state index < -0.39 is 0 Å². The average molecular weight is 1080 g/mol. The number of fused-ring (bicyclic) bond motifs is 14. The van der Waals surface area contributed by atoms with E-state index in [2.05, 4.69) is 260 Å². The molecule has 400 valence electrons. The highest BCUT2D eigenvalue weighted by molar-refractivity contribution is 7.33. The molecule has 5 aliphatic rings. The Labute approximate surface area is 484 Å². The molecule has 0 bridgehead atoms. The number of thiophene rings is 2. The van der Waals surface area contributed by atoms with Gasteiger partial charge in [-0.1, -0.05) is 189 Å². The Morgan fingerprint density at radius 2 is 0.975 bits per heavy atom. The molecule has 5 heteroatoms. The van der Waals surface area contributed by atoms with Crippen LogP contribution in [-0.2, 0) is 37.9 Å². The fourth-order valence-corrected chi connectivity index (χ4v) is 18.6. The van der Waals surface area contributed by atoms with Crippen molar-refractivity contribution in [1.82, 2.24) is 0 Å². The van der Waals surface area contributed by atoms with Gasteiger partial charge in [0.15, 0.2) is 0 Å². The summed E-state index contributed by atoms with van der Waals surface area (Å²) in [5.74, 6) is 0. The van der Waals surface area contributed by atoms with Crippen molar-refractivity contribution in [3.8, 4) is 0 Å². The first kappa shape index (κ1) is 50.6. The van der Waals surface area contributed by atoms with Crippen molar-refractivity contribution in [1.29, 1.82) is 0 Å². The molecule has 0 spiro atoms. The van der Waals surface area contributed by atoms with Crippen molar-refractivity contribution in [3.63, 3.8) is 0 Å². The Kier molecular flexibility index (Phi) is 10.1. The van der Waals surface area contributed by atoms with E-state index in [9.17, 15) is 0 Å². The van der Waals surface area contributed by atoms with E-state index >= 15 is 0 Å². The maximum Gasteiger partial charge on any atom is 0.264 e. The third kappa shape index (κ3) is 6.60. The van der Waals surface area contributed by atoms with E-state index in [4.69, 9.17) is 0 Å². The molecule has 80 heavy (non-hydrogen) atoms. The number of nitrogens with zero attached hydrogens (tertiary/aromatic N) is 2. The fourth-order valence-electron chi connectivity index (χ4n) is 16.1. The van der Waals surface area contributed by atoms with Crippen LogP contribution in [0.15, 0.2) is 140 Å². The number of benzene rings is 8. The molecular weight excluding hydrogens is 1000 g/mol. The maximum absolute atomic E-state index is 2.74. The van der Waals surface area contributed by atoms with Crippen LogP contribution in [0.25, 0.3) is 30.3 Å². The van der Waals surface area contributed by atoms with Gasteiger partial charge >= 0.3 is 0 Å². The number of rotatable bonds is 2. The van der Waals surface area contributed by atoms with Crippen molar-refractivity contribution in [2.45, 2.75) is 162 Å². The van der Waals surface area contributed by atoms with E-state index in [1.807, 2.05) is 22.7 Å². The highest BCUT2D eigenvalue weighted by atomic mass is 32.1. The first-order chi connectivity index (χ1) is 37.7. The predicted molar refractivity (Wildman–Crippen MR) is 349 cm³/mol. The van der Waals surface area contributed by atoms with Crippen molar-refractivity contribution in [3.05, 3.63) is 206 Å². The smallest absolute Gasteiger partial charge is 0.264 e. The highest BCUT2D eigenvalue weighted by Crippen LogP contribution is 2.59. The molecule has 0 saturated heterocycles. The van der Waals surface area contributed by atoms with Crippen LogP contribution in [0.1, 0.15) is 183 Å². The van der Waals surface area contributed by atoms with E-state index in [1.165, 1.54) is 160 Å². The summed E-state index contributed by atoms with van der Waals surface area (Å²) < 4.78 is 5.44. The minimum atomic E-state index is -0.306. The molecule has 15 rings (SSSR count). The number of hydrogen-bond acceptors (Lipinski definition) is 4. The molecule has 3 aliphatic carbocycles. The molecule has 4 heterocycles. The highest BCUT2D eigenvalue weighted by Gasteiger charge is 2.52. The SMILES string of the molecule is Cc1cc2c3c(c1)N(c1cccc4c1sc1ccccc14)c1cc4c(cc1B3c1sc3ccc(C(C)(C)C)cc3c1N2c1ccc2c(c1)C(C)(C)CCC2(C)C)C(C)(C)c1cc2c(cc1C4(C)C)C(C)(C)c1ccccc1C2(C)C. The summed E-state index contributed by atoms with van der Waals surface area (Å²) in [6.45, 7) is 39.3. The van der Waals surface area contributed by atoms with Crippen LogP contribution in [0.5, 0.6) is 0 Å². The van der Waals surface area contributed by atoms with Gasteiger partial charge in [-0.15, -0.1) is 22.7 Å². The van der Waals surface area contributed by atoms with Gasteiger partial charge in [-0.3, -0.25) is 0 Å². The van der Waals surface area contributed by atoms with Crippen molar-refractivity contribution < 1.29 is 0 Å². The Hall–Kier alpha value is -6.40. The summed E-state index contributed by atoms with van der Waals surface area (Å²) in [4.78, 5) is 5.46. The minimum Gasteiger partial charge on any atom is -0.310 e. The molecule has 0 saturated carbocycles. The summed E-state index contributed by atoms with van der Waals surface area (Å²) >= 11 is 3.97. The van der Waals surface area contributed by atoms with Crippen LogP contribution in [0.3, 0.4) is 0 Å². The topological polar surface area (TPSA) is 6.48 Å². The zero-order valence-corrected chi connectivity index (χ0v) is 51.6. The molecular formula is C75H75BN2S2. The molecule has 2 aliphatic heterocycles. The summed E-state index contributed by atoms with van der Waals surface area (Å²) in [7, 11) is 0. The molecule has 2 aromatic heterocycles. The number of anilines is 6. The Bertz CT molecular complexity index is 4390. The van der Waals surface area contributed by atoms with E-state index in [0.717, 1.165) is 0 Å². The molecule has 10 aromatic rings. The van der Waals surface area contributed by atoms with Crippen molar-refractivity contribution in [2.75, 3.05) is 9.80 Å². The van der Waals surface area contributed by atoms with Gasteiger partial charge in [-0.2, -0.15) is 0 Å². The zero-order chi connectivity index (χ0) is 55.9. The molecule has 0 radical (unpaired) electrons. The normalized spacial score (nSPS) is 18.9. The molecule has 2 nitrogen and oxygen atoms in total. The third-order valence-electron chi connectivity index (χ3n) is 21.0. The maximum atomic E-state index is 2.74.